The lowest BCUT2D eigenvalue weighted by Gasteiger charge is -2.56. The maximum atomic E-state index is 12.1. The van der Waals surface area contributed by atoms with Crippen molar-refractivity contribution < 1.29 is 4.79 Å². The van der Waals surface area contributed by atoms with Gasteiger partial charge in [0.05, 0.1) is 0 Å². The Morgan fingerprint density at radius 1 is 1.25 bits per heavy atom. The van der Waals surface area contributed by atoms with Crippen molar-refractivity contribution in [2.45, 2.75) is 31.7 Å². The van der Waals surface area contributed by atoms with E-state index in [0.717, 1.165) is 39.0 Å². The topological polar surface area (TPSA) is 26.8 Å². The van der Waals surface area contributed by atoms with Crippen LogP contribution in [0.2, 0.25) is 0 Å². The molecule has 1 spiro atoms. The van der Waals surface area contributed by atoms with E-state index in [4.69, 9.17) is 0 Å². The number of hydrogen-bond donors (Lipinski definition) is 0. The van der Waals surface area contributed by atoms with Gasteiger partial charge in [-0.3, -0.25) is 0 Å². The van der Waals surface area contributed by atoms with Gasteiger partial charge >= 0.3 is 6.03 Å². The van der Waals surface area contributed by atoms with E-state index < -0.39 is 0 Å². The van der Waals surface area contributed by atoms with Gasteiger partial charge in [0.1, 0.15) is 0 Å². The summed E-state index contributed by atoms with van der Waals surface area (Å²) in [6.07, 6.45) is 3.49. The molecule has 2 aliphatic rings. The molecule has 0 N–H and O–H groups in total. The van der Waals surface area contributed by atoms with Crippen LogP contribution in [-0.4, -0.2) is 66.5 Å². The molecule has 2 amide bonds. The summed E-state index contributed by atoms with van der Waals surface area (Å²) >= 11 is 0. The number of nitrogens with zero attached hydrogens (tertiary/aromatic N) is 3. The molecule has 0 aromatic carbocycles. The van der Waals surface area contributed by atoms with Crippen LogP contribution in [0.15, 0.2) is 0 Å². The van der Waals surface area contributed by atoms with E-state index in [-0.39, 0.29) is 11.6 Å². The van der Waals surface area contributed by atoms with Crippen molar-refractivity contribution in [1.82, 2.24) is 14.7 Å². The minimum absolute atomic E-state index is 0.201. The third kappa shape index (κ3) is 1.79. The number of carbonyl (C=O) groups is 1. The minimum Gasteiger partial charge on any atom is -0.328 e. The Kier molecular flexibility index (Phi) is 3.10. The Labute approximate surface area is 98.2 Å². The summed E-state index contributed by atoms with van der Waals surface area (Å²) in [5.74, 6) is 0. The van der Waals surface area contributed by atoms with Crippen molar-refractivity contribution in [3.8, 4) is 0 Å². The number of amides is 2. The van der Waals surface area contributed by atoms with Crippen LogP contribution in [0, 0.1) is 0 Å². The Balaban J connectivity index is 2.00. The van der Waals surface area contributed by atoms with Gasteiger partial charge in [0.25, 0.3) is 0 Å². The maximum absolute atomic E-state index is 12.1. The van der Waals surface area contributed by atoms with Crippen LogP contribution in [0.1, 0.15) is 26.2 Å². The summed E-state index contributed by atoms with van der Waals surface area (Å²) in [5.41, 5.74) is 0.201. The molecule has 0 atom stereocenters. The van der Waals surface area contributed by atoms with Gasteiger partial charge in [0.2, 0.25) is 0 Å². The highest BCUT2D eigenvalue weighted by Gasteiger charge is 2.48. The Hall–Kier alpha value is -0.770. The molecule has 2 aliphatic heterocycles. The zero-order valence-electron chi connectivity index (χ0n) is 10.7. The lowest BCUT2D eigenvalue weighted by Crippen LogP contribution is -2.67. The molecule has 2 heterocycles. The highest BCUT2D eigenvalue weighted by molar-refractivity contribution is 5.76. The van der Waals surface area contributed by atoms with E-state index in [1.54, 1.807) is 0 Å². The number of rotatable bonds is 1. The molecule has 2 rings (SSSR count). The summed E-state index contributed by atoms with van der Waals surface area (Å²) in [6, 6.07) is 0.221. The smallest absolute Gasteiger partial charge is 0.320 e. The van der Waals surface area contributed by atoms with Crippen LogP contribution in [0.5, 0.6) is 0 Å². The highest BCUT2D eigenvalue weighted by Crippen LogP contribution is 2.40. The molecule has 0 unspecified atom stereocenters. The molecule has 92 valence electrons. The third-order valence-electron chi connectivity index (χ3n) is 4.32. The molecule has 0 saturated carbocycles. The van der Waals surface area contributed by atoms with Crippen LogP contribution in [0.4, 0.5) is 4.79 Å². The van der Waals surface area contributed by atoms with Gasteiger partial charge in [-0.25, -0.2) is 4.79 Å². The molecule has 2 fully saturated rings. The fourth-order valence-corrected chi connectivity index (χ4v) is 2.73. The zero-order chi connectivity index (χ0) is 11.8. The quantitative estimate of drug-likeness (QED) is 0.671. The molecular formula is C12H23N3O. The van der Waals surface area contributed by atoms with Gasteiger partial charge in [-0.15, -0.1) is 0 Å². The number of likely N-dealkylation sites (tertiary alicyclic amines) is 2. The van der Waals surface area contributed by atoms with Crippen molar-refractivity contribution in [3.63, 3.8) is 0 Å². The van der Waals surface area contributed by atoms with Crippen molar-refractivity contribution >= 4 is 6.03 Å². The van der Waals surface area contributed by atoms with E-state index >= 15 is 0 Å². The summed E-state index contributed by atoms with van der Waals surface area (Å²) in [5, 5.41) is 0. The van der Waals surface area contributed by atoms with E-state index in [2.05, 4.69) is 16.8 Å². The summed E-state index contributed by atoms with van der Waals surface area (Å²) in [6.45, 7) is 6.02. The molecule has 0 bridgehead atoms. The van der Waals surface area contributed by atoms with Crippen molar-refractivity contribution in [2.24, 2.45) is 0 Å². The molecule has 4 nitrogen and oxygen atoms in total. The molecule has 0 aromatic heterocycles. The predicted molar refractivity (Wildman–Crippen MR) is 64.5 cm³/mol. The van der Waals surface area contributed by atoms with E-state index in [1.165, 1.54) is 6.42 Å². The lowest BCUT2D eigenvalue weighted by molar-refractivity contribution is -0.0298. The summed E-state index contributed by atoms with van der Waals surface area (Å²) in [7, 11) is 4.05. The predicted octanol–water partition coefficient (Wildman–Crippen LogP) is 1.23. The molecule has 0 radical (unpaired) electrons. The molecule has 2 saturated heterocycles. The standard InChI is InChI=1S/C12H23N3O/c1-4-14(3)11(16)15-10-7-12(15)5-8-13(2)9-6-12/h4-10H2,1-3H3. The molecule has 4 heteroatoms. The Bertz CT molecular complexity index is 271. The van der Waals surface area contributed by atoms with Crippen LogP contribution >= 0.6 is 0 Å². The first-order valence-electron chi connectivity index (χ1n) is 6.30. The lowest BCUT2D eigenvalue weighted by atomic mass is 9.76. The van der Waals surface area contributed by atoms with Crippen LogP contribution in [0.3, 0.4) is 0 Å². The van der Waals surface area contributed by atoms with Gasteiger partial charge in [0, 0.05) is 38.8 Å². The van der Waals surface area contributed by atoms with Gasteiger partial charge in [0.15, 0.2) is 0 Å². The number of piperidine rings is 1. The summed E-state index contributed by atoms with van der Waals surface area (Å²) in [4.78, 5) is 18.4. The summed E-state index contributed by atoms with van der Waals surface area (Å²) < 4.78 is 0. The van der Waals surface area contributed by atoms with Crippen LogP contribution in [0.25, 0.3) is 0 Å². The van der Waals surface area contributed by atoms with Gasteiger partial charge < -0.3 is 14.7 Å². The molecule has 0 aromatic rings. The normalized spacial score (nSPS) is 24.3. The number of hydrogen-bond acceptors (Lipinski definition) is 2. The second kappa shape index (κ2) is 4.24. The second-order valence-corrected chi connectivity index (χ2v) is 5.23. The van der Waals surface area contributed by atoms with Crippen molar-refractivity contribution in [3.05, 3.63) is 0 Å². The average Bonchev–Trinajstić information content (AvgIpc) is 2.27. The zero-order valence-corrected chi connectivity index (χ0v) is 10.7. The molecule has 16 heavy (non-hydrogen) atoms. The van der Waals surface area contributed by atoms with E-state index in [0.29, 0.717) is 0 Å². The average molecular weight is 225 g/mol. The number of urea groups is 1. The second-order valence-electron chi connectivity index (χ2n) is 5.23. The van der Waals surface area contributed by atoms with Gasteiger partial charge in [-0.1, -0.05) is 0 Å². The SMILES string of the molecule is CCN(C)C(=O)N1CCC12CCN(C)CC2. The van der Waals surface area contributed by atoms with Crippen LogP contribution < -0.4 is 0 Å². The largest absolute Gasteiger partial charge is 0.328 e. The first-order valence-corrected chi connectivity index (χ1v) is 6.30. The van der Waals surface area contributed by atoms with Gasteiger partial charge in [-0.05, 0) is 33.2 Å². The fourth-order valence-electron chi connectivity index (χ4n) is 2.73. The Morgan fingerprint density at radius 3 is 2.25 bits per heavy atom. The Morgan fingerprint density at radius 2 is 1.81 bits per heavy atom. The van der Waals surface area contributed by atoms with Crippen LogP contribution in [-0.2, 0) is 0 Å². The van der Waals surface area contributed by atoms with E-state index in [1.807, 2.05) is 18.9 Å². The monoisotopic (exact) mass is 225 g/mol. The van der Waals surface area contributed by atoms with Crippen molar-refractivity contribution in [1.29, 1.82) is 0 Å². The maximum Gasteiger partial charge on any atom is 0.320 e. The molecule has 0 aliphatic carbocycles. The number of carbonyl (C=O) groups excluding carboxylic acids is 1. The van der Waals surface area contributed by atoms with E-state index in [9.17, 15) is 4.79 Å². The molecular weight excluding hydrogens is 202 g/mol. The first-order chi connectivity index (χ1) is 7.59. The fraction of sp³-hybridized carbons (Fsp3) is 0.917. The minimum atomic E-state index is 0.201. The first kappa shape index (κ1) is 11.7. The third-order valence-corrected chi connectivity index (χ3v) is 4.32. The highest BCUT2D eigenvalue weighted by atomic mass is 16.2. The van der Waals surface area contributed by atoms with Crippen molar-refractivity contribution in [2.75, 3.05) is 40.3 Å². The van der Waals surface area contributed by atoms with Gasteiger partial charge in [-0.2, -0.15) is 0 Å².